The molecule has 0 saturated carbocycles. The number of nitrogens with zero attached hydrogens (tertiary/aromatic N) is 2. The largest absolute Gasteiger partial charge is 0.482 e. The van der Waals surface area contributed by atoms with Gasteiger partial charge in [-0.1, -0.05) is 19.1 Å². The molecule has 2 rings (SSSR count). The Balaban J connectivity index is 1.96. The van der Waals surface area contributed by atoms with E-state index in [4.69, 9.17) is 10.5 Å². The molecule has 21 heavy (non-hydrogen) atoms. The molecule has 0 bridgehead atoms. The fraction of sp³-hybridized carbons (Fsp3) is 0.562. The molecule has 1 amide bonds. The molecule has 1 aliphatic rings. The van der Waals surface area contributed by atoms with Gasteiger partial charge >= 0.3 is 0 Å². The van der Waals surface area contributed by atoms with Crippen molar-refractivity contribution in [3.63, 3.8) is 0 Å². The topological polar surface area (TPSA) is 58.8 Å². The average Bonchev–Trinajstić information content (AvgIpc) is 2.67. The first-order valence-corrected chi connectivity index (χ1v) is 7.57. The van der Waals surface area contributed by atoms with E-state index in [0.717, 1.165) is 32.5 Å². The normalized spacial score (nSPS) is 20.1. The molecule has 5 nitrogen and oxygen atoms in total. The van der Waals surface area contributed by atoms with Crippen LogP contribution in [0.3, 0.4) is 0 Å². The van der Waals surface area contributed by atoms with E-state index in [2.05, 4.69) is 18.9 Å². The number of ether oxygens (including phenoxy) is 1. The highest BCUT2D eigenvalue weighted by atomic mass is 16.5. The number of para-hydroxylation sites is 2. The fourth-order valence-corrected chi connectivity index (χ4v) is 2.76. The van der Waals surface area contributed by atoms with Crippen LogP contribution in [0.5, 0.6) is 5.75 Å². The SMILES string of the molecule is CCC1CN(C)CCCN1C(=O)COc1ccccc1N. The summed E-state index contributed by atoms with van der Waals surface area (Å²) >= 11 is 0. The maximum absolute atomic E-state index is 12.5. The van der Waals surface area contributed by atoms with Gasteiger partial charge in [0.05, 0.1) is 5.69 Å². The first-order chi connectivity index (χ1) is 10.1. The number of anilines is 1. The van der Waals surface area contributed by atoms with Gasteiger partial charge in [0.2, 0.25) is 0 Å². The van der Waals surface area contributed by atoms with E-state index in [9.17, 15) is 4.79 Å². The lowest BCUT2D eigenvalue weighted by molar-refractivity contribution is -0.135. The van der Waals surface area contributed by atoms with Crippen molar-refractivity contribution in [1.82, 2.24) is 9.80 Å². The maximum atomic E-state index is 12.5. The summed E-state index contributed by atoms with van der Waals surface area (Å²) in [6.07, 6.45) is 1.97. The number of likely N-dealkylation sites (N-methyl/N-ethyl adjacent to an activating group) is 1. The molecule has 1 aliphatic heterocycles. The zero-order valence-corrected chi connectivity index (χ0v) is 12.9. The molecule has 116 valence electrons. The van der Waals surface area contributed by atoms with Gasteiger partial charge in [0.15, 0.2) is 6.61 Å². The molecule has 0 aromatic heterocycles. The summed E-state index contributed by atoms with van der Waals surface area (Å²) in [5.74, 6) is 0.617. The van der Waals surface area contributed by atoms with E-state index in [1.54, 1.807) is 12.1 Å². The summed E-state index contributed by atoms with van der Waals surface area (Å²) in [4.78, 5) is 16.7. The molecule has 1 saturated heterocycles. The van der Waals surface area contributed by atoms with Crippen molar-refractivity contribution in [1.29, 1.82) is 0 Å². The number of nitrogens with two attached hydrogens (primary N) is 1. The van der Waals surface area contributed by atoms with Crippen molar-refractivity contribution in [2.24, 2.45) is 0 Å². The lowest BCUT2D eigenvalue weighted by atomic mass is 10.2. The predicted molar refractivity (Wildman–Crippen MR) is 84.3 cm³/mol. The molecule has 0 aliphatic carbocycles. The number of carbonyl (C=O) groups excluding carboxylic acids is 1. The number of benzene rings is 1. The van der Waals surface area contributed by atoms with Gasteiger partial charge in [-0.15, -0.1) is 0 Å². The quantitative estimate of drug-likeness (QED) is 0.856. The molecule has 1 aromatic rings. The van der Waals surface area contributed by atoms with Crippen LogP contribution in [0.25, 0.3) is 0 Å². The first kappa shape index (κ1) is 15.6. The van der Waals surface area contributed by atoms with Gasteiger partial charge in [-0.25, -0.2) is 0 Å². The molecule has 1 aromatic carbocycles. The minimum Gasteiger partial charge on any atom is -0.482 e. The van der Waals surface area contributed by atoms with Crippen LogP contribution >= 0.6 is 0 Å². The van der Waals surface area contributed by atoms with Crippen molar-refractivity contribution in [3.05, 3.63) is 24.3 Å². The molecule has 1 heterocycles. The van der Waals surface area contributed by atoms with Crippen molar-refractivity contribution >= 4 is 11.6 Å². The maximum Gasteiger partial charge on any atom is 0.260 e. The summed E-state index contributed by atoms with van der Waals surface area (Å²) in [6.45, 7) is 4.94. The van der Waals surface area contributed by atoms with Crippen molar-refractivity contribution < 1.29 is 9.53 Å². The second-order valence-electron chi connectivity index (χ2n) is 5.59. The van der Waals surface area contributed by atoms with Crippen LogP contribution in [-0.4, -0.2) is 55.0 Å². The Morgan fingerprint density at radius 1 is 1.38 bits per heavy atom. The second-order valence-corrected chi connectivity index (χ2v) is 5.59. The lowest BCUT2D eigenvalue weighted by Gasteiger charge is -2.30. The number of hydrogen-bond acceptors (Lipinski definition) is 4. The standard InChI is InChI=1S/C16H25N3O2/c1-3-13-11-18(2)9-6-10-19(13)16(20)12-21-15-8-5-4-7-14(15)17/h4-5,7-8,13H,3,6,9-12,17H2,1-2H3. The fourth-order valence-electron chi connectivity index (χ4n) is 2.76. The van der Waals surface area contributed by atoms with Crippen LogP contribution in [0.15, 0.2) is 24.3 Å². The Morgan fingerprint density at radius 2 is 2.14 bits per heavy atom. The van der Waals surface area contributed by atoms with Gasteiger partial charge in [-0.3, -0.25) is 4.79 Å². The van der Waals surface area contributed by atoms with Crippen molar-refractivity contribution in [2.45, 2.75) is 25.8 Å². The van der Waals surface area contributed by atoms with Gasteiger partial charge in [0.25, 0.3) is 5.91 Å². The summed E-state index contributed by atoms with van der Waals surface area (Å²) in [7, 11) is 2.11. The lowest BCUT2D eigenvalue weighted by Crippen LogP contribution is -2.45. The van der Waals surface area contributed by atoms with Crippen molar-refractivity contribution in [2.75, 3.05) is 39.0 Å². The Kier molecular flexibility index (Phi) is 5.44. The van der Waals surface area contributed by atoms with E-state index in [1.165, 1.54) is 0 Å². The zero-order chi connectivity index (χ0) is 15.2. The number of hydrogen-bond donors (Lipinski definition) is 1. The molecule has 1 fully saturated rings. The summed E-state index contributed by atoms with van der Waals surface area (Å²) in [5.41, 5.74) is 6.39. The highest BCUT2D eigenvalue weighted by Gasteiger charge is 2.26. The molecule has 5 heteroatoms. The molecule has 0 radical (unpaired) electrons. The number of nitrogen functional groups attached to an aromatic ring is 1. The highest BCUT2D eigenvalue weighted by molar-refractivity contribution is 5.78. The van der Waals surface area contributed by atoms with Crippen LogP contribution in [0.1, 0.15) is 19.8 Å². The van der Waals surface area contributed by atoms with Crippen LogP contribution in [0, 0.1) is 0 Å². The highest BCUT2D eigenvalue weighted by Crippen LogP contribution is 2.20. The number of rotatable bonds is 4. The third-order valence-corrected chi connectivity index (χ3v) is 3.96. The van der Waals surface area contributed by atoms with Gasteiger partial charge in [0, 0.05) is 19.1 Å². The zero-order valence-electron chi connectivity index (χ0n) is 12.9. The Bertz CT molecular complexity index is 478. The molecule has 1 unspecified atom stereocenters. The summed E-state index contributed by atoms with van der Waals surface area (Å²) < 4.78 is 5.58. The molecule has 1 atom stereocenters. The summed E-state index contributed by atoms with van der Waals surface area (Å²) in [6, 6.07) is 7.53. The van der Waals surface area contributed by atoms with Gasteiger partial charge in [-0.05, 0) is 38.6 Å². The first-order valence-electron chi connectivity index (χ1n) is 7.57. The number of amides is 1. The third-order valence-electron chi connectivity index (χ3n) is 3.96. The summed E-state index contributed by atoms with van der Waals surface area (Å²) in [5, 5.41) is 0. The van der Waals surface area contributed by atoms with Crippen LogP contribution in [0.2, 0.25) is 0 Å². The minimum absolute atomic E-state index is 0.0420. The van der Waals surface area contributed by atoms with Crippen LogP contribution < -0.4 is 10.5 Å². The predicted octanol–water partition coefficient (Wildman–Crippen LogP) is 1.59. The second kappa shape index (κ2) is 7.31. The van der Waals surface area contributed by atoms with E-state index in [0.29, 0.717) is 11.4 Å². The molecule has 2 N–H and O–H groups in total. The van der Waals surface area contributed by atoms with Gasteiger partial charge in [-0.2, -0.15) is 0 Å². The Hall–Kier alpha value is -1.75. The van der Waals surface area contributed by atoms with E-state index in [1.807, 2.05) is 17.0 Å². The van der Waals surface area contributed by atoms with Crippen LogP contribution in [0.4, 0.5) is 5.69 Å². The third kappa shape index (κ3) is 4.11. The van der Waals surface area contributed by atoms with Gasteiger partial charge in [0.1, 0.15) is 5.75 Å². The molecular formula is C16H25N3O2. The van der Waals surface area contributed by atoms with E-state index >= 15 is 0 Å². The number of carbonyl (C=O) groups is 1. The van der Waals surface area contributed by atoms with Crippen LogP contribution in [-0.2, 0) is 4.79 Å². The monoisotopic (exact) mass is 291 g/mol. The van der Waals surface area contributed by atoms with E-state index in [-0.39, 0.29) is 18.6 Å². The van der Waals surface area contributed by atoms with E-state index < -0.39 is 0 Å². The Morgan fingerprint density at radius 3 is 2.86 bits per heavy atom. The average molecular weight is 291 g/mol. The van der Waals surface area contributed by atoms with Gasteiger partial charge < -0.3 is 20.3 Å². The minimum atomic E-state index is 0.0420. The molecular weight excluding hydrogens is 266 g/mol. The Labute approximate surface area is 126 Å². The smallest absolute Gasteiger partial charge is 0.260 e. The van der Waals surface area contributed by atoms with Crippen molar-refractivity contribution in [3.8, 4) is 5.75 Å². The molecule has 0 spiro atoms.